The predicted molar refractivity (Wildman–Crippen MR) is 107 cm³/mol. The standard InChI is InChI=1S/C22H16ClFN4/c23-20-11-15(9-10-21(20)24)28-13-14(26-27-28)12-25-22-18-7-3-1-5-16(18)17-6-2-4-8-19(17)22/h1-11,13,22,25H,12H2. The average Bonchev–Trinajstić information content (AvgIpc) is 3.31. The summed E-state index contributed by atoms with van der Waals surface area (Å²) in [6.45, 7) is 0.558. The van der Waals surface area contributed by atoms with Gasteiger partial charge in [-0.15, -0.1) is 5.10 Å². The minimum Gasteiger partial charge on any atom is -0.300 e. The largest absolute Gasteiger partial charge is 0.300 e. The SMILES string of the molecule is Fc1ccc(-n2cc(CNC3c4ccccc4-c4ccccc43)nn2)cc1Cl. The van der Waals surface area contributed by atoms with Gasteiger partial charge in [0.15, 0.2) is 0 Å². The van der Waals surface area contributed by atoms with E-state index < -0.39 is 5.82 Å². The Morgan fingerprint density at radius 3 is 2.32 bits per heavy atom. The molecule has 0 spiro atoms. The highest BCUT2D eigenvalue weighted by Crippen LogP contribution is 2.43. The van der Waals surface area contributed by atoms with Crippen LogP contribution >= 0.6 is 11.6 Å². The fourth-order valence-electron chi connectivity index (χ4n) is 3.72. The van der Waals surface area contributed by atoms with Gasteiger partial charge < -0.3 is 5.32 Å². The summed E-state index contributed by atoms with van der Waals surface area (Å²) in [7, 11) is 0. The third kappa shape index (κ3) is 2.89. The van der Waals surface area contributed by atoms with Gasteiger partial charge in [0.2, 0.25) is 0 Å². The molecule has 0 radical (unpaired) electrons. The summed E-state index contributed by atoms with van der Waals surface area (Å²) in [5.74, 6) is -0.453. The summed E-state index contributed by atoms with van der Waals surface area (Å²) < 4.78 is 15.0. The molecule has 1 aliphatic carbocycles. The van der Waals surface area contributed by atoms with Crippen molar-refractivity contribution >= 4 is 11.6 Å². The number of halogens is 2. The number of fused-ring (bicyclic) bond motifs is 3. The molecule has 1 N–H and O–H groups in total. The van der Waals surface area contributed by atoms with E-state index in [4.69, 9.17) is 11.6 Å². The van der Waals surface area contributed by atoms with Gasteiger partial charge in [-0.1, -0.05) is 65.3 Å². The molecule has 0 unspecified atom stereocenters. The van der Waals surface area contributed by atoms with Crippen LogP contribution in [0.25, 0.3) is 16.8 Å². The second-order valence-electron chi connectivity index (χ2n) is 6.74. The Labute approximate surface area is 166 Å². The summed E-state index contributed by atoms with van der Waals surface area (Å²) in [6.07, 6.45) is 1.82. The van der Waals surface area contributed by atoms with Crippen molar-refractivity contribution < 1.29 is 4.39 Å². The smallest absolute Gasteiger partial charge is 0.141 e. The highest BCUT2D eigenvalue weighted by molar-refractivity contribution is 6.30. The molecule has 1 heterocycles. The van der Waals surface area contributed by atoms with Gasteiger partial charge in [0.05, 0.1) is 28.6 Å². The molecule has 4 nitrogen and oxygen atoms in total. The topological polar surface area (TPSA) is 42.7 Å². The Kier molecular flexibility index (Phi) is 4.19. The molecule has 0 aliphatic heterocycles. The lowest BCUT2D eigenvalue weighted by Crippen LogP contribution is -2.20. The normalized spacial score (nSPS) is 12.8. The van der Waals surface area contributed by atoms with Crippen LogP contribution in [0.15, 0.2) is 72.9 Å². The molecular formula is C22H16ClFN4. The zero-order chi connectivity index (χ0) is 19.1. The van der Waals surface area contributed by atoms with E-state index in [0.717, 1.165) is 5.69 Å². The Balaban J connectivity index is 1.39. The molecule has 138 valence electrons. The van der Waals surface area contributed by atoms with Crippen molar-refractivity contribution in [2.75, 3.05) is 0 Å². The molecule has 1 aliphatic rings. The van der Waals surface area contributed by atoms with Crippen molar-refractivity contribution in [2.45, 2.75) is 12.6 Å². The number of rotatable bonds is 4. The van der Waals surface area contributed by atoms with Gasteiger partial charge in [0.25, 0.3) is 0 Å². The van der Waals surface area contributed by atoms with Gasteiger partial charge >= 0.3 is 0 Å². The molecule has 0 bridgehead atoms. The molecule has 28 heavy (non-hydrogen) atoms. The number of nitrogens with zero attached hydrogens (tertiary/aromatic N) is 3. The first-order valence-electron chi connectivity index (χ1n) is 8.99. The van der Waals surface area contributed by atoms with Crippen LogP contribution in [0.1, 0.15) is 22.9 Å². The molecule has 0 saturated carbocycles. The lowest BCUT2D eigenvalue weighted by atomic mass is 10.1. The van der Waals surface area contributed by atoms with Crippen molar-refractivity contribution in [1.29, 1.82) is 0 Å². The Morgan fingerprint density at radius 2 is 1.64 bits per heavy atom. The van der Waals surface area contributed by atoms with Gasteiger partial charge in [-0.05, 0) is 40.5 Å². The van der Waals surface area contributed by atoms with Gasteiger partial charge in [-0.2, -0.15) is 0 Å². The minimum atomic E-state index is -0.453. The van der Waals surface area contributed by atoms with E-state index in [1.807, 2.05) is 6.20 Å². The van der Waals surface area contributed by atoms with Crippen molar-refractivity contribution in [3.63, 3.8) is 0 Å². The van der Waals surface area contributed by atoms with Crippen LogP contribution in [0.4, 0.5) is 4.39 Å². The third-order valence-electron chi connectivity index (χ3n) is 5.03. The quantitative estimate of drug-likeness (QED) is 0.538. The van der Waals surface area contributed by atoms with Crippen LogP contribution in [-0.2, 0) is 6.54 Å². The predicted octanol–water partition coefficient (Wildman–Crippen LogP) is 4.92. The van der Waals surface area contributed by atoms with Crippen LogP contribution < -0.4 is 5.32 Å². The Bertz CT molecular complexity index is 1130. The highest BCUT2D eigenvalue weighted by Gasteiger charge is 2.27. The summed E-state index contributed by atoms with van der Waals surface area (Å²) in [5.41, 5.74) is 6.52. The Morgan fingerprint density at radius 1 is 0.964 bits per heavy atom. The van der Waals surface area contributed by atoms with E-state index in [1.165, 1.54) is 34.4 Å². The van der Waals surface area contributed by atoms with E-state index in [9.17, 15) is 4.39 Å². The van der Waals surface area contributed by atoms with Crippen molar-refractivity contribution in [2.24, 2.45) is 0 Å². The number of nitrogens with one attached hydrogen (secondary N) is 1. The molecule has 0 amide bonds. The fraction of sp³-hybridized carbons (Fsp3) is 0.0909. The lowest BCUT2D eigenvalue weighted by molar-refractivity contribution is 0.605. The lowest BCUT2D eigenvalue weighted by Gasteiger charge is -2.14. The first kappa shape index (κ1) is 17.1. The van der Waals surface area contributed by atoms with Crippen molar-refractivity contribution in [3.05, 3.63) is 101 Å². The van der Waals surface area contributed by atoms with Gasteiger partial charge in [0.1, 0.15) is 5.82 Å². The van der Waals surface area contributed by atoms with E-state index in [2.05, 4.69) is 64.2 Å². The number of hydrogen-bond donors (Lipinski definition) is 1. The summed E-state index contributed by atoms with van der Waals surface area (Å²) in [6, 6.07) is 21.5. The molecule has 5 rings (SSSR count). The van der Waals surface area contributed by atoms with Gasteiger partial charge in [0, 0.05) is 6.54 Å². The van der Waals surface area contributed by atoms with E-state index in [-0.39, 0.29) is 11.1 Å². The number of aromatic nitrogens is 3. The van der Waals surface area contributed by atoms with Crippen molar-refractivity contribution in [3.8, 4) is 16.8 Å². The van der Waals surface area contributed by atoms with Crippen LogP contribution in [0.5, 0.6) is 0 Å². The van der Waals surface area contributed by atoms with Crippen LogP contribution in [0, 0.1) is 5.82 Å². The molecule has 0 fully saturated rings. The molecule has 6 heteroatoms. The first-order chi connectivity index (χ1) is 13.7. The first-order valence-corrected chi connectivity index (χ1v) is 9.37. The molecule has 0 atom stereocenters. The second kappa shape index (κ2) is 6.86. The van der Waals surface area contributed by atoms with E-state index >= 15 is 0 Å². The second-order valence-corrected chi connectivity index (χ2v) is 7.15. The van der Waals surface area contributed by atoms with Crippen molar-refractivity contribution in [1.82, 2.24) is 20.3 Å². The number of benzene rings is 3. The maximum Gasteiger partial charge on any atom is 0.141 e. The highest BCUT2D eigenvalue weighted by atomic mass is 35.5. The molecule has 3 aromatic carbocycles. The molecule has 4 aromatic rings. The summed E-state index contributed by atoms with van der Waals surface area (Å²) in [5, 5.41) is 12.0. The maximum atomic E-state index is 13.4. The van der Waals surface area contributed by atoms with Crippen LogP contribution in [-0.4, -0.2) is 15.0 Å². The molecule has 1 aromatic heterocycles. The summed E-state index contributed by atoms with van der Waals surface area (Å²) >= 11 is 5.86. The minimum absolute atomic E-state index is 0.0619. The molecule has 0 saturated heterocycles. The van der Waals surface area contributed by atoms with E-state index in [0.29, 0.717) is 12.2 Å². The van der Waals surface area contributed by atoms with Gasteiger partial charge in [-0.25, -0.2) is 9.07 Å². The van der Waals surface area contributed by atoms with E-state index in [1.54, 1.807) is 10.7 Å². The average molecular weight is 391 g/mol. The van der Waals surface area contributed by atoms with Crippen LogP contribution in [0.2, 0.25) is 5.02 Å². The number of hydrogen-bond acceptors (Lipinski definition) is 3. The zero-order valence-corrected chi connectivity index (χ0v) is 15.6. The van der Waals surface area contributed by atoms with Gasteiger partial charge in [-0.3, -0.25) is 0 Å². The van der Waals surface area contributed by atoms with Crippen LogP contribution in [0.3, 0.4) is 0 Å². The monoisotopic (exact) mass is 390 g/mol. The zero-order valence-electron chi connectivity index (χ0n) is 14.8. The summed E-state index contributed by atoms with van der Waals surface area (Å²) in [4.78, 5) is 0. The third-order valence-corrected chi connectivity index (χ3v) is 5.32. The fourth-order valence-corrected chi connectivity index (χ4v) is 3.89. The molecular weight excluding hydrogens is 375 g/mol. The Hall–Kier alpha value is -3.02. The maximum absolute atomic E-state index is 13.4.